The van der Waals surface area contributed by atoms with E-state index in [2.05, 4.69) is 6.58 Å². The molecule has 0 bridgehead atoms. The van der Waals surface area contributed by atoms with Crippen molar-refractivity contribution < 1.29 is 9.59 Å². The molecule has 1 heterocycles. The van der Waals surface area contributed by atoms with Gasteiger partial charge in [0.1, 0.15) is 0 Å². The summed E-state index contributed by atoms with van der Waals surface area (Å²) in [7, 11) is 0. The fraction of sp³-hybridized carbons (Fsp3) is 0.429. The number of nitrogens with zero attached hydrogens (tertiary/aromatic N) is 2. The van der Waals surface area contributed by atoms with Gasteiger partial charge in [0.2, 0.25) is 5.91 Å². The molecule has 0 unspecified atom stereocenters. The lowest BCUT2D eigenvalue weighted by atomic mass is 10.5. The third-order valence-corrected chi connectivity index (χ3v) is 1.64. The van der Waals surface area contributed by atoms with Crippen LogP contribution in [0.25, 0.3) is 0 Å². The van der Waals surface area contributed by atoms with Crippen LogP contribution in [-0.4, -0.2) is 34.8 Å². The molecule has 0 aromatic rings. The average Bonchev–Trinajstić information content (AvgIpc) is 2.30. The van der Waals surface area contributed by atoms with Gasteiger partial charge in [-0.25, -0.2) is 4.79 Å². The minimum Gasteiger partial charge on any atom is -0.299 e. The van der Waals surface area contributed by atoms with Gasteiger partial charge in [-0.2, -0.15) is 0 Å². The van der Waals surface area contributed by atoms with Crippen molar-refractivity contribution in [1.82, 2.24) is 9.80 Å². The van der Waals surface area contributed by atoms with Gasteiger partial charge in [0.15, 0.2) is 0 Å². The molecule has 4 nitrogen and oxygen atoms in total. The molecule has 1 fully saturated rings. The van der Waals surface area contributed by atoms with E-state index in [-0.39, 0.29) is 11.9 Å². The van der Waals surface area contributed by atoms with Crippen LogP contribution >= 0.6 is 0 Å². The zero-order valence-corrected chi connectivity index (χ0v) is 6.41. The number of hydrogen-bond donors (Lipinski definition) is 0. The highest BCUT2D eigenvalue weighted by Gasteiger charge is 2.28. The number of urea groups is 1. The molecule has 0 spiro atoms. The van der Waals surface area contributed by atoms with Crippen LogP contribution in [0.3, 0.4) is 0 Å². The van der Waals surface area contributed by atoms with E-state index >= 15 is 0 Å². The number of hydrogen-bond acceptors (Lipinski definition) is 2. The molecule has 1 aliphatic heterocycles. The van der Waals surface area contributed by atoms with Crippen LogP contribution in [0.4, 0.5) is 4.79 Å². The number of carbonyl (C=O) groups excluding carboxylic acids is 2. The highest BCUT2D eigenvalue weighted by Crippen LogP contribution is 2.07. The summed E-state index contributed by atoms with van der Waals surface area (Å²) < 4.78 is 0. The van der Waals surface area contributed by atoms with Crippen molar-refractivity contribution in [3.63, 3.8) is 0 Å². The van der Waals surface area contributed by atoms with Crippen molar-refractivity contribution in [3.8, 4) is 0 Å². The molecule has 60 valence electrons. The summed E-state index contributed by atoms with van der Waals surface area (Å²) in [5, 5.41) is 0. The predicted molar refractivity (Wildman–Crippen MR) is 39.7 cm³/mol. The van der Waals surface area contributed by atoms with E-state index in [0.29, 0.717) is 13.1 Å². The predicted octanol–water partition coefficient (Wildman–Crippen LogP) is 0.414. The quantitative estimate of drug-likeness (QED) is 0.549. The largest absolute Gasteiger partial charge is 0.330 e. The maximum absolute atomic E-state index is 11.1. The van der Waals surface area contributed by atoms with Crippen molar-refractivity contribution in [2.75, 3.05) is 13.1 Å². The van der Waals surface area contributed by atoms with Gasteiger partial charge in [0, 0.05) is 26.2 Å². The van der Waals surface area contributed by atoms with Crippen LogP contribution < -0.4 is 0 Å². The molecule has 0 atom stereocenters. The molecule has 0 radical (unpaired) electrons. The van der Waals surface area contributed by atoms with E-state index in [1.165, 1.54) is 22.9 Å². The number of carbonyl (C=O) groups is 2. The van der Waals surface area contributed by atoms with Crippen LogP contribution in [0.2, 0.25) is 0 Å². The Balaban J connectivity index is 2.70. The molecule has 0 N–H and O–H groups in total. The van der Waals surface area contributed by atoms with Crippen LogP contribution in [0.1, 0.15) is 6.92 Å². The summed E-state index contributed by atoms with van der Waals surface area (Å²) in [6.45, 7) is 5.86. The van der Waals surface area contributed by atoms with Crippen LogP contribution in [0, 0.1) is 0 Å². The molecule has 0 aromatic heterocycles. The lowest BCUT2D eigenvalue weighted by Gasteiger charge is -2.10. The Morgan fingerprint density at radius 1 is 1.64 bits per heavy atom. The van der Waals surface area contributed by atoms with E-state index in [1.807, 2.05) is 0 Å². The second-order valence-corrected chi connectivity index (χ2v) is 2.33. The lowest BCUT2D eigenvalue weighted by molar-refractivity contribution is -0.125. The molecule has 1 aliphatic rings. The van der Waals surface area contributed by atoms with Gasteiger partial charge in [0.25, 0.3) is 0 Å². The topological polar surface area (TPSA) is 40.6 Å². The minimum absolute atomic E-state index is 0.209. The summed E-state index contributed by atoms with van der Waals surface area (Å²) in [5.74, 6) is -0.209. The third-order valence-electron chi connectivity index (χ3n) is 1.64. The van der Waals surface area contributed by atoms with Gasteiger partial charge in [-0.15, -0.1) is 0 Å². The van der Waals surface area contributed by atoms with E-state index in [0.717, 1.165) is 0 Å². The highest BCUT2D eigenvalue weighted by atomic mass is 16.2. The molecule has 0 saturated carbocycles. The second kappa shape index (κ2) is 2.74. The normalized spacial score (nSPS) is 17.4. The summed E-state index contributed by atoms with van der Waals surface area (Å²) in [4.78, 5) is 24.5. The summed E-state index contributed by atoms with van der Waals surface area (Å²) in [5.41, 5.74) is 0. The summed E-state index contributed by atoms with van der Waals surface area (Å²) >= 11 is 0. The molecule has 0 aliphatic carbocycles. The van der Waals surface area contributed by atoms with E-state index in [1.54, 1.807) is 0 Å². The standard InChI is InChI=1S/C7H10N2O2/c1-3-8-4-5-9(6(2)10)7(8)11/h3H,1,4-5H2,2H3. The Bertz CT molecular complexity index is 212. The van der Waals surface area contributed by atoms with Crippen LogP contribution in [0.15, 0.2) is 12.8 Å². The first kappa shape index (κ1) is 7.78. The van der Waals surface area contributed by atoms with Crippen molar-refractivity contribution in [2.24, 2.45) is 0 Å². The number of rotatable bonds is 1. The van der Waals surface area contributed by atoms with Crippen LogP contribution in [-0.2, 0) is 4.79 Å². The zero-order chi connectivity index (χ0) is 8.43. The Morgan fingerprint density at radius 2 is 2.27 bits per heavy atom. The second-order valence-electron chi connectivity index (χ2n) is 2.33. The zero-order valence-electron chi connectivity index (χ0n) is 6.41. The highest BCUT2D eigenvalue weighted by molar-refractivity contribution is 5.95. The average molecular weight is 154 g/mol. The van der Waals surface area contributed by atoms with E-state index in [9.17, 15) is 9.59 Å². The molecule has 0 aromatic carbocycles. The minimum atomic E-state index is -0.271. The van der Waals surface area contributed by atoms with Gasteiger partial charge >= 0.3 is 6.03 Å². The fourth-order valence-corrected chi connectivity index (χ4v) is 1.02. The molecule has 3 amide bonds. The first-order valence-corrected chi connectivity index (χ1v) is 3.38. The third kappa shape index (κ3) is 1.24. The Hall–Kier alpha value is -1.32. The smallest absolute Gasteiger partial charge is 0.299 e. The summed E-state index contributed by atoms with van der Waals surface area (Å²) in [6.07, 6.45) is 1.44. The van der Waals surface area contributed by atoms with Crippen LogP contribution in [0.5, 0.6) is 0 Å². The Labute approximate surface area is 65.1 Å². The van der Waals surface area contributed by atoms with Crippen molar-refractivity contribution >= 4 is 11.9 Å². The lowest BCUT2D eigenvalue weighted by Crippen LogP contribution is -2.32. The molecular formula is C7H10N2O2. The number of amides is 3. The van der Waals surface area contributed by atoms with Gasteiger partial charge in [-0.3, -0.25) is 14.6 Å². The van der Waals surface area contributed by atoms with E-state index in [4.69, 9.17) is 0 Å². The Morgan fingerprint density at radius 3 is 2.55 bits per heavy atom. The van der Waals surface area contributed by atoms with Crippen molar-refractivity contribution in [1.29, 1.82) is 0 Å². The fourth-order valence-electron chi connectivity index (χ4n) is 1.02. The first-order valence-electron chi connectivity index (χ1n) is 3.38. The van der Waals surface area contributed by atoms with Gasteiger partial charge in [-0.1, -0.05) is 6.58 Å². The van der Waals surface area contributed by atoms with Gasteiger partial charge in [-0.05, 0) is 0 Å². The molecule has 4 heteroatoms. The number of imide groups is 1. The molecule has 1 saturated heterocycles. The summed E-state index contributed by atoms with van der Waals surface area (Å²) in [6, 6.07) is -0.271. The monoisotopic (exact) mass is 154 g/mol. The van der Waals surface area contributed by atoms with Crippen molar-refractivity contribution in [3.05, 3.63) is 12.8 Å². The molecule has 1 rings (SSSR count). The van der Waals surface area contributed by atoms with Gasteiger partial charge in [0.05, 0.1) is 0 Å². The van der Waals surface area contributed by atoms with Crippen molar-refractivity contribution in [2.45, 2.75) is 6.92 Å². The molecular weight excluding hydrogens is 144 g/mol. The Kier molecular flexibility index (Phi) is 1.94. The first-order chi connectivity index (χ1) is 5.16. The maximum Gasteiger partial charge on any atom is 0.330 e. The van der Waals surface area contributed by atoms with E-state index < -0.39 is 0 Å². The molecule has 11 heavy (non-hydrogen) atoms. The SMILES string of the molecule is C=CN1CCN(C(C)=O)C1=O. The maximum atomic E-state index is 11.1. The van der Waals surface area contributed by atoms with Gasteiger partial charge < -0.3 is 0 Å².